The fourth-order valence-corrected chi connectivity index (χ4v) is 4.17. The number of carboxylic acid groups (broad SMARTS) is 1. The summed E-state index contributed by atoms with van der Waals surface area (Å²) in [6.07, 6.45) is 3.75. The van der Waals surface area contributed by atoms with Crippen molar-refractivity contribution >= 4 is 30.8 Å². The molecular weight excluding hydrogens is 407 g/mol. The van der Waals surface area contributed by atoms with Gasteiger partial charge in [-0.15, -0.1) is 24.8 Å². The molecule has 2 N–H and O–H groups in total. The molecule has 0 amide bonds. The van der Waals surface area contributed by atoms with Gasteiger partial charge in [0.05, 0.1) is 5.56 Å². The number of likely N-dealkylation sites (tertiary alicyclic amines) is 1. The molecular formula is C23H30Cl2N2O2. The zero-order valence-corrected chi connectivity index (χ0v) is 18.1. The van der Waals surface area contributed by atoms with E-state index in [-0.39, 0.29) is 24.8 Å². The van der Waals surface area contributed by atoms with Crippen LogP contribution in [0.15, 0.2) is 54.6 Å². The Balaban J connectivity index is 0.00000150. The Bertz CT molecular complexity index is 762. The van der Waals surface area contributed by atoms with Gasteiger partial charge in [-0.25, -0.2) is 4.79 Å². The van der Waals surface area contributed by atoms with Gasteiger partial charge >= 0.3 is 5.97 Å². The highest BCUT2D eigenvalue weighted by Crippen LogP contribution is 2.40. The third-order valence-electron chi connectivity index (χ3n) is 6.00. The van der Waals surface area contributed by atoms with E-state index in [1.165, 1.54) is 30.4 Å². The molecule has 1 saturated carbocycles. The highest BCUT2D eigenvalue weighted by Gasteiger charge is 2.38. The van der Waals surface area contributed by atoms with E-state index in [0.29, 0.717) is 17.5 Å². The van der Waals surface area contributed by atoms with E-state index in [9.17, 15) is 4.79 Å². The van der Waals surface area contributed by atoms with Crippen molar-refractivity contribution in [1.82, 2.24) is 10.2 Å². The third kappa shape index (κ3) is 6.45. The van der Waals surface area contributed by atoms with Crippen LogP contribution >= 0.6 is 24.8 Å². The van der Waals surface area contributed by atoms with E-state index in [4.69, 9.17) is 5.11 Å². The van der Waals surface area contributed by atoms with E-state index in [1.54, 1.807) is 12.1 Å². The normalized spacial score (nSPS) is 21.7. The molecule has 0 spiro atoms. The van der Waals surface area contributed by atoms with Crippen LogP contribution in [-0.4, -0.2) is 41.7 Å². The molecule has 0 unspecified atom stereocenters. The van der Waals surface area contributed by atoms with Gasteiger partial charge in [0.15, 0.2) is 0 Å². The summed E-state index contributed by atoms with van der Waals surface area (Å²) < 4.78 is 0. The van der Waals surface area contributed by atoms with Crippen LogP contribution in [0.1, 0.15) is 46.7 Å². The number of nitrogens with zero attached hydrogens (tertiary/aromatic N) is 1. The number of nitrogens with one attached hydrogen (secondary N) is 1. The van der Waals surface area contributed by atoms with E-state index in [1.807, 2.05) is 12.1 Å². The van der Waals surface area contributed by atoms with Crippen molar-refractivity contribution in [3.05, 3.63) is 71.3 Å². The minimum Gasteiger partial charge on any atom is -0.478 e. The Morgan fingerprint density at radius 2 is 1.66 bits per heavy atom. The Kier molecular flexibility index (Phi) is 8.97. The number of hydrogen-bond donors (Lipinski definition) is 2. The van der Waals surface area contributed by atoms with E-state index < -0.39 is 5.97 Å². The number of piperidine rings is 1. The van der Waals surface area contributed by atoms with Crippen LogP contribution in [-0.2, 0) is 6.54 Å². The predicted molar refractivity (Wildman–Crippen MR) is 121 cm³/mol. The van der Waals surface area contributed by atoms with Crippen molar-refractivity contribution in [3.63, 3.8) is 0 Å². The van der Waals surface area contributed by atoms with Crippen molar-refractivity contribution in [2.75, 3.05) is 19.6 Å². The lowest BCUT2D eigenvalue weighted by atomic mass is 9.96. The summed E-state index contributed by atoms with van der Waals surface area (Å²) in [5.41, 5.74) is 3.02. The van der Waals surface area contributed by atoms with Gasteiger partial charge in [-0.2, -0.15) is 0 Å². The highest BCUT2D eigenvalue weighted by molar-refractivity contribution is 5.87. The summed E-state index contributed by atoms with van der Waals surface area (Å²) >= 11 is 0. The van der Waals surface area contributed by atoms with Crippen molar-refractivity contribution in [1.29, 1.82) is 0 Å². The zero-order chi connectivity index (χ0) is 18.6. The molecule has 2 fully saturated rings. The summed E-state index contributed by atoms with van der Waals surface area (Å²) in [7, 11) is 0. The average molecular weight is 437 g/mol. The largest absolute Gasteiger partial charge is 0.478 e. The molecule has 158 valence electrons. The summed E-state index contributed by atoms with van der Waals surface area (Å²) in [6.45, 7) is 4.30. The molecule has 1 aliphatic heterocycles. The zero-order valence-electron chi connectivity index (χ0n) is 16.5. The highest BCUT2D eigenvalue weighted by atomic mass is 35.5. The van der Waals surface area contributed by atoms with Gasteiger partial charge in [0.1, 0.15) is 0 Å². The Morgan fingerprint density at radius 3 is 2.28 bits per heavy atom. The number of halogens is 2. The molecule has 4 rings (SSSR count). The van der Waals surface area contributed by atoms with Crippen molar-refractivity contribution in [3.8, 4) is 0 Å². The van der Waals surface area contributed by atoms with Gasteiger partial charge in [0.25, 0.3) is 0 Å². The first-order valence-corrected chi connectivity index (χ1v) is 10.0. The first kappa shape index (κ1) is 23.7. The van der Waals surface area contributed by atoms with Crippen LogP contribution in [0.4, 0.5) is 0 Å². The number of benzene rings is 2. The summed E-state index contributed by atoms with van der Waals surface area (Å²) in [5.74, 6) is 0.618. The van der Waals surface area contributed by atoms with E-state index in [0.717, 1.165) is 32.1 Å². The molecule has 4 nitrogen and oxygen atoms in total. The van der Waals surface area contributed by atoms with Gasteiger partial charge in [-0.1, -0.05) is 42.5 Å². The second-order valence-electron chi connectivity index (χ2n) is 7.99. The lowest BCUT2D eigenvalue weighted by molar-refractivity contribution is 0.0697. The van der Waals surface area contributed by atoms with Gasteiger partial charge in [-0.05, 0) is 68.1 Å². The topological polar surface area (TPSA) is 52.6 Å². The van der Waals surface area contributed by atoms with Gasteiger partial charge < -0.3 is 10.4 Å². The minimum atomic E-state index is -0.861. The molecule has 0 aromatic heterocycles. The SMILES string of the molecule is Cl.Cl.O=C(O)c1ccc(CN2CCC(CN[C@@H]3C[C@H]3c3ccccc3)CC2)cc1. The maximum Gasteiger partial charge on any atom is 0.335 e. The maximum atomic E-state index is 10.9. The smallest absolute Gasteiger partial charge is 0.335 e. The Hall–Kier alpha value is -1.59. The van der Waals surface area contributed by atoms with Gasteiger partial charge in [-0.3, -0.25) is 4.90 Å². The molecule has 0 radical (unpaired) electrons. The van der Waals surface area contributed by atoms with Gasteiger partial charge in [0, 0.05) is 18.5 Å². The molecule has 6 heteroatoms. The molecule has 1 aliphatic carbocycles. The van der Waals surface area contributed by atoms with Crippen LogP contribution in [0.3, 0.4) is 0 Å². The average Bonchev–Trinajstić information content (AvgIpc) is 3.48. The minimum absolute atomic E-state index is 0. The molecule has 2 aliphatic rings. The van der Waals surface area contributed by atoms with E-state index >= 15 is 0 Å². The second-order valence-corrected chi connectivity index (χ2v) is 7.99. The van der Waals surface area contributed by atoms with Crippen LogP contribution in [0.2, 0.25) is 0 Å². The lowest BCUT2D eigenvalue weighted by Gasteiger charge is -2.32. The fraction of sp³-hybridized carbons (Fsp3) is 0.435. The summed E-state index contributed by atoms with van der Waals surface area (Å²) in [6, 6.07) is 18.8. The first-order chi connectivity index (χ1) is 13.2. The summed E-state index contributed by atoms with van der Waals surface area (Å²) in [4.78, 5) is 13.4. The third-order valence-corrected chi connectivity index (χ3v) is 6.00. The monoisotopic (exact) mass is 436 g/mol. The van der Waals surface area contributed by atoms with Crippen LogP contribution in [0.5, 0.6) is 0 Å². The van der Waals surface area contributed by atoms with Crippen molar-refractivity contribution in [2.24, 2.45) is 5.92 Å². The Labute approximate surface area is 185 Å². The molecule has 29 heavy (non-hydrogen) atoms. The Morgan fingerprint density at radius 1 is 1.00 bits per heavy atom. The predicted octanol–water partition coefficient (Wildman–Crippen LogP) is 4.59. The van der Waals surface area contributed by atoms with Crippen molar-refractivity contribution in [2.45, 2.75) is 37.8 Å². The van der Waals surface area contributed by atoms with Crippen LogP contribution in [0, 0.1) is 5.92 Å². The van der Waals surface area contributed by atoms with Crippen LogP contribution in [0.25, 0.3) is 0 Å². The van der Waals surface area contributed by atoms with Crippen LogP contribution < -0.4 is 5.32 Å². The second kappa shape index (κ2) is 11.0. The number of aromatic carboxylic acids is 1. The summed E-state index contributed by atoms with van der Waals surface area (Å²) in [5, 5.41) is 12.8. The standard InChI is InChI=1S/C23H28N2O2.2ClH/c26-23(27)20-8-6-18(7-9-20)16-25-12-10-17(11-13-25)15-24-22-14-21(22)19-4-2-1-3-5-19;;/h1-9,17,21-22,24H,10-16H2,(H,26,27);2*1H/t21-,22+;;/m0../s1. The number of rotatable bonds is 7. The van der Waals surface area contributed by atoms with Gasteiger partial charge in [0.2, 0.25) is 0 Å². The lowest BCUT2D eigenvalue weighted by Crippen LogP contribution is -2.37. The molecule has 2 atom stereocenters. The molecule has 1 saturated heterocycles. The van der Waals surface area contributed by atoms with Crippen molar-refractivity contribution < 1.29 is 9.90 Å². The first-order valence-electron chi connectivity index (χ1n) is 10.0. The number of carboxylic acids is 1. The molecule has 0 bridgehead atoms. The quantitative estimate of drug-likeness (QED) is 0.666. The number of carbonyl (C=O) groups is 1. The molecule has 2 aromatic rings. The number of hydrogen-bond acceptors (Lipinski definition) is 3. The maximum absolute atomic E-state index is 10.9. The fourth-order valence-electron chi connectivity index (χ4n) is 4.17. The molecule has 2 aromatic carbocycles. The van der Waals surface area contributed by atoms with E-state index in [2.05, 4.69) is 40.5 Å². The molecule has 1 heterocycles.